The van der Waals surface area contributed by atoms with Crippen LogP contribution < -0.4 is 10.1 Å². The zero-order valence-electron chi connectivity index (χ0n) is 10.3. The fourth-order valence-corrected chi connectivity index (χ4v) is 1.57. The number of rotatable bonds is 5. The van der Waals surface area contributed by atoms with E-state index in [2.05, 4.69) is 15.5 Å². The van der Waals surface area contributed by atoms with Crippen molar-refractivity contribution in [3.05, 3.63) is 35.5 Å². The Bertz CT molecular complexity index is 525. The molecule has 0 radical (unpaired) electrons. The van der Waals surface area contributed by atoms with Crippen molar-refractivity contribution in [1.29, 1.82) is 0 Å². The highest BCUT2D eigenvalue weighted by molar-refractivity contribution is 5.41. The average molecular weight is 249 g/mol. The predicted molar refractivity (Wildman–Crippen MR) is 64.2 cm³/mol. The molecule has 0 saturated carbocycles. The Labute approximate surface area is 105 Å². The van der Waals surface area contributed by atoms with Crippen molar-refractivity contribution in [3.63, 3.8) is 0 Å². The molecule has 0 aliphatic heterocycles. The van der Waals surface area contributed by atoms with E-state index >= 15 is 0 Å². The van der Waals surface area contributed by atoms with E-state index in [1.807, 2.05) is 6.07 Å². The topological polar surface area (TPSA) is 80.4 Å². The first kappa shape index (κ1) is 12.4. The normalized spacial score (nSPS) is 10.6. The maximum absolute atomic E-state index is 9.62. The highest BCUT2D eigenvalue weighted by atomic mass is 16.5. The number of hydrogen-bond donors (Lipinski definition) is 2. The SMILES string of the molecule is COc1ccc(CNCc2nc(C)no2)cc1O. The molecule has 0 atom stereocenters. The maximum atomic E-state index is 9.62. The zero-order valence-corrected chi connectivity index (χ0v) is 10.3. The number of aromatic nitrogens is 2. The van der Waals surface area contributed by atoms with E-state index in [4.69, 9.17) is 9.26 Å². The van der Waals surface area contributed by atoms with Gasteiger partial charge in [0.25, 0.3) is 0 Å². The van der Waals surface area contributed by atoms with Crippen LogP contribution in [0.15, 0.2) is 22.7 Å². The van der Waals surface area contributed by atoms with Crippen LogP contribution in [0, 0.1) is 6.92 Å². The van der Waals surface area contributed by atoms with Crippen molar-refractivity contribution in [3.8, 4) is 11.5 Å². The molecule has 2 N–H and O–H groups in total. The number of aryl methyl sites for hydroxylation is 1. The van der Waals surface area contributed by atoms with E-state index in [0.717, 1.165) is 5.56 Å². The molecule has 1 aromatic carbocycles. The predicted octanol–water partition coefficient (Wildman–Crippen LogP) is 1.38. The van der Waals surface area contributed by atoms with Crippen molar-refractivity contribution in [1.82, 2.24) is 15.5 Å². The third kappa shape index (κ3) is 2.98. The summed E-state index contributed by atoms with van der Waals surface area (Å²) < 4.78 is 9.94. The molecule has 96 valence electrons. The quantitative estimate of drug-likeness (QED) is 0.833. The van der Waals surface area contributed by atoms with Crippen LogP contribution in [-0.2, 0) is 13.1 Å². The Morgan fingerprint density at radius 3 is 2.83 bits per heavy atom. The summed E-state index contributed by atoms with van der Waals surface area (Å²) in [5.41, 5.74) is 0.949. The molecular weight excluding hydrogens is 234 g/mol. The van der Waals surface area contributed by atoms with Crippen LogP contribution in [0.25, 0.3) is 0 Å². The lowest BCUT2D eigenvalue weighted by molar-refractivity contribution is 0.363. The lowest BCUT2D eigenvalue weighted by atomic mass is 10.2. The largest absolute Gasteiger partial charge is 0.504 e. The average Bonchev–Trinajstić information content (AvgIpc) is 2.75. The molecular formula is C12H15N3O3. The van der Waals surface area contributed by atoms with Gasteiger partial charge in [-0.15, -0.1) is 0 Å². The van der Waals surface area contributed by atoms with Gasteiger partial charge in [-0.3, -0.25) is 0 Å². The lowest BCUT2D eigenvalue weighted by Crippen LogP contribution is -2.12. The van der Waals surface area contributed by atoms with E-state index in [9.17, 15) is 5.11 Å². The fourth-order valence-electron chi connectivity index (χ4n) is 1.57. The van der Waals surface area contributed by atoms with Crippen molar-refractivity contribution in [2.24, 2.45) is 0 Å². The summed E-state index contributed by atoms with van der Waals surface area (Å²) in [6.45, 7) is 2.86. The number of methoxy groups -OCH3 is 1. The van der Waals surface area contributed by atoms with E-state index in [-0.39, 0.29) is 5.75 Å². The number of nitrogens with zero attached hydrogens (tertiary/aromatic N) is 2. The first-order valence-corrected chi connectivity index (χ1v) is 5.55. The van der Waals surface area contributed by atoms with E-state index < -0.39 is 0 Å². The minimum Gasteiger partial charge on any atom is -0.504 e. The van der Waals surface area contributed by atoms with Crippen molar-refractivity contribution in [2.75, 3.05) is 7.11 Å². The number of hydrogen-bond acceptors (Lipinski definition) is 6. The summed E-state index contributed by atoms with van der Waals surface area (Å²) in [7, 11) is 1.52. The van der Waals surface area contributed by atoms with E-state index in [1.54, 1.807) is 19.1 Å². The highest BCUT2D eigenvalue weighted by Crippen LogP contribution is 2.25. The van der Waals surface area contributed by atoms with Gasteiger partial charge in [0.05, 0.1) is 13.7 Å². The number of phenolic OH excluding ortho intramolecular Hbond substituents is 1. The standard InChI is InChI=1S/C12H15N3O3/c1-8-14-12(18-15-8)7-13-6-9-3-4-11(17-2)10(16)5-9/h3-5,13,16H,6-7H2,1-2H3. The second-order valence-corrected chi connectivity index (χ2v) is 3.85. The number of ether oxygens (including phenoxy) is 1. The monoisotopic (exact) mass is 249 g/mol. The van der Waals surface area contributed by atoms with Crippen LogP contribution in [0.2, 0.25) is 0 Å². The van der Waals surface area contributed by atoms with Gasteiger partial charge in [0.1, 0.15) is 0 Å². The maximum Gasteiger partial charge on any atom is 0.240 e. The van der Waals surface area contributed by atoms with Gasteiger partial charge in [-0.2, -0.15) is 4.98 Å². The molecule has 0 aliphatic rings. The molecule has 1 heterocycles. The second kappa shape index (κ2) is 5.50. The molecule has 2 rings (SSSR count). The molecule has 6 heteroatoms. The second-order valence-electron chi connectivity index (χ2n) is 3.85. The Balaban J connectivity index is 1.88. The Hall–Kier alpha value is -2.08. The first-order chi connectivity index (χ1) is 8.69. The molecule has 0 fully saturated rings. The number of nitrogens with one attached hydrogen (secondary N) is 1. The summed E-state index contributed by atoms with van der Waals surface area (Å²) in [5.74, 6) is 1.76. The zero-order chi connectivity index (χ0) is 13.0. The summed E-state index contributed by atoms with van der Waals surface area (Å²) >= 11 is 0. The Kier molecular flexibility index (Phi) is 3.78. The molecule has 0 bridgehead atoms. The summed E-state index contributed by atoms with van der Waals surface area (Å²) in [5, 5.41) is 16.5. The van der Waals surface area contributed by atoms with Crippen molar-refractivity contribution >= 4 is 0 Å². The molecule has 6 nitrogen and oxygen atoms in total. The van der Waals surface area contributed by atoms with Crippen LogP contribution in [0.4, 0.5) is 0 Å². The molecule has 1 aromatic heterocycles. The molecule has 0 aliphatic carbocycles. The summed E-state index contributed by atoms with van der Waals surface area (Å²) in [4.78, 5) is 4.08. The molecule has 0 amide bonds. The molecule has 0 saturated heterocycles. The molecule has 0 spiro atoms. The smallest absolute Gasteiger partial charge is 0.240 e. The molecule has 2 aromatic rings. The van der Waals surface area contributed by atoms with Gasteiger partial charge in [-0.05, 0) is 24.6 Å². The number of aromatic hydroxyl groups is 1. The van der Waals surface area contributed by atoms with Gasteiger partial charge in [0, 0.05) is 6.54 Å². The van der Waals surface area contributed by atoms with Gasteiger partial charge >= 0.3 is 0 Å². The van der Waals surface area contributed by atoms with Crippen LogP contribution in [-0.4, -0.2) is 22.4 Å². The summed E-state index contributed by atoms with van der Waals surface area (Å²) in [6, 6.07) is 5.26. The van der Waals surface area contributed by atoms with Crippen LogP contribution >= 0.6 is 0 Å². The molecule has 0 unspecified atom stereocenters. The minimum absolute atomic E-state index is 0.130. The lowest BCUT2D eigenvalue weighted by Gasteiger charge is -2.06. The fraction of sp³-hybridized carbons (Fsp3) is 0.333. The number of benzene rings is 1. The Morgan fingerprint density at radius 2 is 2.22 bits per heavy atom. The number of phenols is 1. The van der Waals surface area contributed by atoms with E-state index in [1.165, 1.54) is 7.11 Å². The summed E-state index contributed by atoms with van der Waals surface area (Å²) in [6.07, 6.45) is 0. The van der Waals surface area contributed by atoms with Crippen molar-refractivity contribution < 1.29 is 14.4 Å². The minimum atomic E-state index is 0.130. The first-order valence-electron chi connectivity index (χ1n) is 5.55. The van der Waals surface area contributed by atoms with Gasteiger partial charge in [0.15, 0.2) is 17.3 Å². The van der Waals surface area contributed by atoms with Crippen LogP contribution in [0.1, 0.15) is 17.3 Å². The van der Waals surface area contributed by atoms with Gasteiger partial charge in [0.2, 0.25) is 5.89 Å². The Morgan fingerprint density at radius 1 is 1.39 bits per heavy atom. The highest BCUT2D eigenvalue weighted by Gasteiger charge is 2.04. The molecule has 18 heavy (non-hydrogen) atoms. The van der Waals surface area contributed by atoms with Crippen LogP contribution in [0.3, 0.4) is 0 Å². The van der Waals surface area contributed by atoms with Gasteiger partial charge < -0.3 is 19.7 Å². The van der Waals surface area contributed by atoms with Gasteiger partial charge in [-0.1, -0.05) is 11.2 Å². The van der Waals surface area contributed by atoms with Gasteiger partial charge in [-0.25, -0.2) is 0 Å². The third-order valence-corrected chi connectivity index (χ3v) is 2.42. The van der Waals surface area contributed by atoms with E-state index in [0.29, 0.717) is 30.6 Å². The third-order valence-electron chi connectivity index (χ3n) is 2.42. The van der Waals surface area contributed by atoms with Crippen molar-refractivity contribution in [2.45, 2.75) is 20.0 Å². The van der Waals surface area contributed by atoms with Crippen LogP contribution in [0.5, 0.6) is 11.5 Å².